The second-order valence-corrected chi connectivity index (χ2v) is 15.7. The summed E-state index contributed by atoms with van der Waals surface area (Å²) in [5.41, 5.74) is 5.26. The fraction of sp³-hybridized carbons (Fsp3) is 0.523. The van der Waals surface area contributed by atoms with Crippen molar-refractivity contribution >= 4 is 29.2 Å². The van der Waals surface area contributed by atoms with Gasteiger partial charge in [0.2, 0.25) is 11.8 Å². The SMILES string of the molecule is COCc1cc(C(C(=O)N[C@@H](CC(C)C)c2ccccc2N2CCCCC2)C(=O)N[C@H](CC(C)C)c2ccccc2N2CCCCC2)ccc1C(=O)O. The van der Waals surface area contributed by atoms with Crippen molar-refractivity contribution in [1.82, 2.24) is 10.6 Å². The number of piperidine rings is 2. The summed E-state index contributed by atoms with van der Waals surface area (Å²) in [5.74, 6) is -2.62. The van der Waals surface area contributed by atoms with E-state index in [0.717, 1.165) is 74.4 Å². The number of hydrogen-bond donors (Lipinski definition) is 3. The van der Waals surface area contributed by atoms with Crippen molar-refractivity contribution in [2.45, 2.75) is 104 Å². The number of hydrogen-bond acceptors (Lipinski definition) is 6. The summed E-state index contributed by atoms with van der Waals surface area (Å²) in [6.07, 6.45) is 8.34. The van der Waals surface area contributed by atoms with Crippen LogP contribution in [-0.2, 0) is 20.9 Å². The fourth-order valence-corrected chi connectivity index (χ4v) is 8.09. The lowest BCUT2D eigenvalue weighted by Crippen LogP contribution is -2.43. The lowest BCUT2D eigenvalue weighted by Gasteiger charge is -2.34. The quantitative estimate of drug-likeness (QED) is 0.127. The Morgan fingerprint density at radius 2 is 1.13 bits per heavy atom. The number of para-hydroxylation sites is 2. The zero-order valence-electron chi connectivity index (χ0n) is 32.4. The standard InChI is InChI=1S/C44H60N4O5/c1-30(2)26-37(35-16-8-10-18-39(35)47-22-12-6-13-23-47)45-42(49)41(32-20-21-34(44(51)52)33(28-32)29-53-5)43(50)46-38(27-31(3)4)36-17-9-11-19-40(36)48-24-14-7-15-25-48/h8-11,16-21,28,30-31,37-38,41H,6-7,12-15,22-27,29H2,1-5H3,(H,45,49)(H,46,50)(H,51,52)/t37-,38+,41?. The van der Waals surface area contributed by atoms with Crippen molar-refractivity contribution in [3.8, 4) is 0 Å². The van der Waals surface area contributed by atoms with Crippen molar-refractivity contribution in [2.24, 2.45) is 11.8 Å². The number of carboxylic acids is 1. The van der Waals surface area contributed by atoms with Crippen LogP contribution in [0.1, 0.15) is 130 Å². The van der Waals surface area contributed by atoms with Crippen molar-refractivity contribution < 1.29 is 24.2 Å². The van der Waals surface area contributed by atoms with Gasteiger partial charge < -0.3 is 30.3 Å². The summed E-state index contributed by atoms with van der Waals surface area (Å²) in [6, 6.07) is 20.7. The summed E-state index contributed by atoms with van der Waals surface area (Å²) >= 11 is 0. The van der Waals surface area contributed by atoms with Gasteiger partial charge in [-0.3, -0.25) is 9.59 Å². The Kier molecular flexibility index (Phi) is 14.4. The molecule has 2 heterocycles. The lowest BCUT2D eigenvalue weighted by molar-refractivity contribution is -0.132. The minimum Gasteiger partial charge on any atom is -0.478 e. The van der Waals surface area contributed by atoms with E-state index in [1.165, 1.54) is 26.0 Å². The van der Waals surface area contributed by atoms with E-state index in [-0.39, 0.29) is 36.1 Å². The molecule has 0 radical (unpaired) electrons. The maximum absolute atomic E-state index is 14.8. The highest BCUT2D eigenvalue weighted by Gasteiger charge is 2.35. The van der Waals surface area contributed by atoms with Crippen LogP contribution in [0.2, 0.25) is 0 Å². The Morgan fingerprint density at radius 3 is 1.55 bits per heavy atom. The van der Waals surface area contributed by atoms with Crippen LogP contribution in [0, 0.1) is 11.8 Å². The summed E-state index contributed by atoms with van der Waals surface area (Å²) in [5, 5.41) is 16.6. The molecule has 5 rings (SSSR count). The number of benzene rings is 3. The molecule has 3 aromatic carbocycles. The van der Waals surface area contributed by atoms with Gasteiger partial charge in [0.15, 0.2) is 0 Å². The molecule has 9 nitrogen and oxygen atoms in total. The summed E-state index contributed by atoms with van der Waals surface area (Å²) in [4.78, 5) is 46.7. The molecule has 2 saturated heterocycles. The number of amides is 2. The Labute approximate surface area is 316 Å². The second-order valence-electron chi connectivity index (χ2n) is 15.7. The summed E-state index contributed by atoms with van der Waals surface area (Å²) in [7, 11) is 1.50. The third-order valence-corrected chi connectivity index (χ3v) is 10.6. The van der Waals surface area contributed by atoms with Gasteiger partial charge in [0.05, 0.1) is 24.3 Å². The molecule has 0 saturated carbocycles. The third kappa shape index (κ3) is 10.4. The lowest BCUT2D eigenvalue weighted by atomic mass is 9.89. The number of nitrogens with one attached hydrogen (secondary N) is 2. The first kappa shape index (κ1) is 39.8. The van der Waals surface area contributed by atoms with Gasteiger partial charge in [-0.15, -0.1) is 0 Å². The van der Waals surface area contributed by atoms with Crippen LogP contribution in [0.4, 0.5) is 11.4 Å². The van der Waals surface area contributed by atoms with Crippen molar-refractivity contribution in [3.05, 3.63) is 94.5 Å². The van der Waals surface area contributed by atoms with Crippen LogP contribution in [0.15, 0.2) is 66.7 Å². The number of carboxylic acid groups (broad SMARTS) is 1. The molecule has 0 aromatic heterocycles. The van der Waals surface area contributed by atoms with Gasteiger partial charge in [0.25, 0.3) is 0 Å². The number of rotatable bonds is 16. The molecule has 3 aromatic rings. The van der Waals surface area contributed by atoms with E-state index < -0.39 is 23.7 Å². The molecule has 3 N–H and O–H groups in total. The van der Waals surface area contributed by atoms with Gasteiger partial charge in [-0.05, 0) is 104 Å². The number of aromatic carboxylic acids is 1. The van der Waals surface area contributed by atoms with Crippen molar-refractivity contribution in [1.29, 1.82) is 0 Å². The highest BCUT2D eigenvalue weighted by Crippen LogP contribution is 2.35. The minimum atomic E-state index is -1.23. The Balaban J connectivity index is 1.55. The number of ether oxygens (including phenoxy) is 1. The number of carbonyl (C=O) groups excluding carboxylic acids is 2. The Morgan fingerprint density at radius 1 is 0.679 bits per heavy atom. The predicted molar refractivity (Wildman–Crippen MR) is 213 cm³/mol. The normalized spacial score (nSPS) is 16.7. The number of nitrogens with zero attached hydrogens (tertiary/aromatic N) is 2. The van der Waals surface area contributed by atoms with E-state index in [1.807, 2.05) is 12.1 Å². The van der Waals surface area contributed by atoms with E-state index in [2.05, 4.69) is 84.5 Å². The first-order valence-electron chi connectivity index (χ1n) is 19.7. The maximum Gasteiger partial charge on any atom is 0.336 e. The van der Waals surface area contributed by atoms with E-state index in [1.54, 1.807) is 12.1 Å². The molecule has 0 bridgehead atoms. The Bertz CT molecular complexity index is 1590. The minimum absolute atomic E-state index is 0.0315. The molecular formula is C44H60N4O5. The van der Waals surface area contributed by atoms with Gasteiger partial charge in [0.1, 0.15) is 5.92 Å². The number of anilines is 2. The fourth-order valence-electron chi connectivity index (χ4n) is 8.09. The molecule has 0 aliphatic carbocycles. The molecular weight excluding hydrogens is 665 g/mol. The predicted octanol–water partition coefficient (Wildman–Crippen LogP) is 8.40. The average molecular weight is 725 g/mol. The zero-order valence-corrected chi connectivity index (χ0v) is 32.4. The number of carbonyl (C=O) groups is 3. The van der Waals surface area contributed by atoms with E-state index in [0.29, 0.717) is 24.0 Å². The molecule has 2 amide bonds. The van der Waals surface area contributed by atoms with Gasteiger partial charge >= 0.3 is 5.97 Å². The first-order valence-corrected chi connectivity index (χ1v) is 19.7. The zero-order chi connectivity index (χ0) is 37.9. The van der Waals surface area contributed by atoms with E-state index in [4.69, 9.17) is 4.74 Å². The third-order valence-electron chi connectivity index (χ3n) is 10.6. The molecule has 3 atom stereocenters. The molecule has 53 heavy (non-hydrogen) atoms. The van der Waals surface area contributed by atoms with Gasteiger partial charge in [-0.25, -0.2) is 4.79 Å². The molecule has 2 aliphatic heterocycles. The number of methoxy groups -OCH3 is 1. The van der Waals surface area contributed by atoms with Crippen LogP contribution >= 0.6 is 0 Å². The van der Waals surface area contributed by atoms with Crippen LogP contribution in [0.5, 0.6) is 0 Å². The first-order chi connectivity index (χ1) is 25.6. The van der Waals surface area contributed by atoms with Gasteiger partial charge in [0, 0.05) is 44.7 Å². The largest absolute Gasteiger partial charge is 0.478 e. The van der Waals surface area contributed by atoms with E-state index in [9.17, 15) is 19.5 Å². The van der Waals surface area contributed by atoms with E-state index >= 15 is 0 Å². The van der Waals surface area contributed by atoms with Crippen LogP contribution < -0.4 is 20.4 Å². The van der Waals surface area contributed by atoms with Gasteiger partial charge in [-0.1, -0.05) is 76.2 Å². The van der Waals surface area contributed by atoms with Crippen molar-refractivity contribution in [3.63, 3.8) is 0 Å². The second kappa shape index (κ2) is 19.1. The topological polar surface area (TPSA) is 111 Å². The monoisotopic (exact) mass is 724 g/mol. The van der Waals surface area contributed by atoms with Crippen LogP contribution in [0.25, 0.3) is 0 Å². The molecule has 9 heteroatoms. The highest BCUT2D eigenvalue weighted by molar-refractivity contribution is 6.06. The Hall–Kier alpha value is -4.37. The maximum atomic E-state index is 14.8. The van der Waals surface area contributed by atoms with Gasteiger partial charge in [-0.2, -0.15) is 0 Å². The molecule has 0 spiro atoms. The molecule has 286 valence electrons. The molecule has 2 fully saturated rings. The summed E-state index contributed by atoms with van der Waals surface area (Å²) < 4.78 is 5.37. The smallest absolute Gasteiger partial charge is 0.336 e. The molecule has 1 unspecified atom stereocenters. The summed E-state index contributed by atoms with van der Waals surface area (Å²) in [6.45, 7) is 12.5. The molecule has 2 aliphatic rings. The highest BCUT2D eigenvalue weighted by atomic mass is 16.5. The average Bonchev–Trinajstić information content (AvgIpc) is 3.15. The van der Waals surface area contributed by atoms with Crippen LogP contribution in [0.3, 0.4) is 0 Å². The van der Waals surface area contributed by atoms with Crippen molar-refractivity contribution in [2.75, 3.05) is 43.1 Å². The van der Waals surface area contributed by atoms with Crippen LogP contribution in [-0.4, -0.2) is 56.2 Å².